The fourth-order valence-corrected chi connectivity index (χ4v) is 7.00. The van der Waals surface area contributed by atoms with Gasteiger partial charge in [-0.05, 0) is 37.5 Å². The number of carbonyl (C=O) groups is 1. The van der Waals surface area contributed by atoms with Gasteiger partial charge in [0.2, 0.25) is 15.9 Å². The lowest BCUT2D eigenvalue weighted by atomic mass is 9.95. The SMILES string of the molecule is CC1CN(C(=O)C2CCN(S(=O)(=O)c3c(Cl)cccc3Cl)CC2)CC(c2ccccc2)O1. The Bertz CT molecular complexity index is 1050. The maximum absolute atomic E-state index is 13.3. The third-order valence-corrected chi connectivity index (χ3v) is 8.92. The van der Waals surface area contributed by atoms with E-state index in [9.17, 15) is 13.2 Å². The van der Waals surface area contributed by atoms with E-state index in [-0.39, 0.29) is 52.1 Å². The van der Waals surface area contributed by atoms with Crippen LogP contribution in [0.25, 0.3) is 0 Å². The second-order valence-electron chi connectivity index (χ2n) is 8.32. The zero-order valence-corrected chi connectivity index (χ0v) is 20.1. The fraction of sp³-hybridized carbons (Fsp3) is 0.435. The summed E-state index contributed by atoms with van der Waals surface area (Å²) in [5.74, 6) is -0.154. The van der Waals surface area contributed by atoms with Gasteiger partial charge in [-0.15, -0.1) is 0 Å². The van der Waals surface area contributed by atoms with Crippen LogP contribution in [0.15, 0.2) is 53.4 Å². The van der Waals surface area contributed by atoms with Crippen molar-refractivity contribution in [3.8, 4) is 0 Å². The zero-order valence-electron chi connectivity index (χ0n) is 17.8. The normalized spacial score (nSPS) is 23.3. The van der Waals surface area contributed by atoms with Gasteiger partial charge in [-0.3, -0.25) is 4.79 Å². The highest BCUT2D eigenvalue weighted by atomic mass is 35.5. The van der Waals surface area contributed by atoms with Crippen molar-refractivity contribution in [2.75, 3.05) is 26.2 Å². The average Bonchev–Trinajstić information content (AvgIpc) is 2.78. The van der Waals surface area contributed by atoms with Gasteiger partial charge in [-0.2, -0.15) is 4.31 Å². The highest BCUT2D eigenvalue weighted by molar-refractivity contribution is 7.89. The third kappa shape index (κ3) is 4.82. The smallest absolute Gasteiger partial charge is 0.246 e. The highest BCUT2D eigenvalue weighted by Crippen LogP contribution is 2.34. The van der Waals surface area contributed by atoms with E-state index in [1.54, 1.807) is 6.07 Å². The number of carbonyl (C=O) groups excluding carboxylic acids is 1. The minimum Gasteiger partial charge on any atom is -0.367 e. The standard InChI is InChI=1S/C23H26Cl2N2O4S/c1-16-14-26(15-21(31-16)17-6-3-2-4-7-17)23(28)18-10-12-27(13-11-18)32(29,30)22-19(24)8-5-9-20(22)25/h2-9,16,18,21H,10-15H2,1H3. The molecule has 0 N–H and O–H groups in total. The zero-order chi connectivity index (χ0) is 22.9. The van der Waals surface area contributed by atoms with E-state index in [4.69, 9.17) is 27.9 Å². The van der Waals surface area contributed by atoms with Crippen LogP contribution in [0.4, 0.5) is 0 Å². The molecule has 0 bridgehead atoms. The summed E-state index contributed by atoms with van der Waals surface area (Å²) >= 11 is 12.3. The number of ether oxygens (including phenoxy) is 1. The quantitative estimate of drug-likeness (QED) is 0.629. The molecule has 6 nitrogen and oxygen atoms in total. The molecule has 2 aliphatic heterocycles. The molecule has 172 valence electrons. The Hall–Kier alpha value is -1.64. The minimum absolute atomic E-state index is 0.0638. The lowest BCUT2D eigenvalue weighted by Gasteiger charge is -2.40. The van der Waals surface area contributed by atoms with Crippen LogP contribution in [-0.4, -0.2) is 55.8 Å². The number of hydrogen-bond acceptors (Lipinski definition) is 4. The first kappa shape index (κ1) is 23.5. The molecule has 2 aromatic rings. The lowest BCUT2D eigenvalue weighted by Crippen LogP contribution is -2.50. The first-order chi connectivity index (χ1) is 15.3. The number of benzene rings is 2. The number of rotatable bonds is 4. The average molecular weight is 497 g/mol. The Morgan fingerprint density at radius 2 is 1.59 bits per heavy atom. The molecule has 0 saturated carbocycles. The summed E-state index contributed by atoms with van der Waals surface area (Å²) in [7, 11) is -3.83. The molecule has 2 heterocycles. The number of sulfonamides is 1. The van der Waals surface area contributed by atoms with E-state index >= 15 is 0 Å². The van der Waals surface area contributed by atoms with Gasteiger partial charge in [0.05, 0.1) is 22.7 Å². The van der Waals surface area contributed by atoms with Gasteiger partial charge >= 0.3 is 0 Å². The molecule has 9 heteroatoms. The van der Waals surface area contributed by atoms with E-state index in [2.05, 4.69) is 0 Å². The van der Waals surface area contributed by atoms with Gasteiger partial charge < -0.3 is 9.64 Å². The van der Waals surface area contributed by atoms with Crippen molar-refractivity contribution >= 4 is 39.1 Å². The van der Waals surface area contributed by atoms with E-state index in [0.29, 0.717) is 25.9 Å². The molecule has 1 amide bonds. The summed E-state index contributed by atoms with van der Waals surface area (Å²) < 4.78 is 33.6. The maximum Gasteiger partial charge on any atom is 0.246 e. The Morgan fingerprint density at radius 3 is 2.22 bits per heavy atom. The molecule has 2 saturated heterocycles. The molecule has 4 rings (SSSR count). The largest absolute Gasteiger partial charge is 0.367 e. The van der Waals surface area contributed by atoms with Gasteiger partial charge in [-0.1, -0.05) is 59.6 Å². The second kappa shape index (κ2) is 9.69. The van der Waals surface area contributed by atoms with Crippen molar-refractivity contribution in [2.24, 2.45) is 5.92 Å². The topological polar surface area (TPSA) is 66.9 Å². The Labute approximate surface area is 199 Å². The Morgan fingerprint density at radius 1 is 0.969 bits per heavy atom. The van der Waals surface area contributed by atoms with Crippen LogP contribution in [0.1, 0.15) is 31.4 Å². The van der Waals surface area contributed by atoms with Crippen molar-refractivity contribution in [3.05, 3.63) is 64.1 Å². The van der Waals surface area contributed by atoms with Crippen molar-refractivity contribution in [2.45, 2.75) is 36.9 Å². The van der Waals surface area contributed by atoms with Crippen molar-refractivity contribution in [1.82, 2.24) is 9.21 Å². The molecule has 2 atom stereocenters. The Balaban J connectivity index is 1.42. The number of morpholine rings is 1. The van der Waals surface area contributed by atoms with Crippen LogP contribution in [0.5, 0.6) is 0 Å². The molecule has 0 aliphatic carbocycles. The molecule has 2 aromatic carbocycles. The minimum atomic E-state index is -3.83. The first-order valence-electron chi connectivity index (χ1n) is 10.7. The molecule has 2 aliphatic rings. The van der Waals surface area contributed by atoms with E-state index in [0.717, 1.165) is 5.56 Å². The summed E-state index contributed by atoms with van der Waals surface area (Å²) in [5, 5.41) is 0.204. The molecule has 0 spiro atoms. The monoisotopic (exact) mass is 496 g/mol. The van der Waals surface area contributed by atoms with Crippen molar-refractivity contribution < 1.29 is 17.9 Å². The summed E-state index contributed by atoms with van der Waals surface area (Å²) in [5.41, 5.74) is 1.05. The summed E-state index contributed by atoms with van der Waals surface area (Å²) in [6.45, 7) is 3.51. The summed E-state index contributed by atoms with van der Waals surface area (Å²) in [6.07, 6.45) is 0.691. The van der Waals surface area contributed by atoms with Gasteiger partial charge in [0.1, 0.15) is 11.0 Å². The van der Waals surface area contributed by atoms with Crippen molar-refractivity contribution in [3.63, 3.8) is 0 Å². The molecule has 0 aromatic heterocycles. The fourth-order valence-electron chi connectivity index (χ4n) is 4.44. The van der Waals surface area contributed by atoms with Crippen LogP contribution in [0, 0.1) is 5.92 Å². The van der Waals surface area contributed by atoms with E-state index < -0.39 is 10.0 Å². The molecule has 2 unspecified atom stereocenters. The predicted molar refractivity (Wildman–Crippen MR) is 124 cm³/mol. The van der Waals surface area contributed by atoms with Gasteiger partial charge in [-0.25, -0.2) is 8.42 Å². The van der Waals surface area contributed by atoms with Crippen LogP contribution >= 0.6 is 23.2 Å². The van der Waals surface area contributed by atoms with Crippen LogP contribution in [0.2, 0.25) is 10.0 Å². The highest BCUT2D eigenvalue weighted by Gasteiger charge is 2.37. The molecule has 0 radical (unpaired) electrons. The number of nitrogens with zero attached hydrogens (tertiary/aromatic N) is 2. The van der Waals surface area contributed by atoms with Crippen LogP contribution in [0.3, 0.4) is 0 Å². The van der Waals surface area contributed by atoms with Gasteiger partial charge in [0, 0.05) is 25.6 Å². The predicted octanol–water partition coefficient (Wildman–Crippen LogP) is 4.38. The van der Waals surface area contributed by atoms with Crippen LogP contribution in [-0.2, 0) is 19.6 Å². The lowest BCUT2D eigenvalue weighted by molar-refractivity contribution is -0.150. The van der Waals surface area contributed by atoms with E-state index in [1.165, 1.54) is 16.4 Å². The van der Waals surface area contributed by atoms with Crippen molar-refractivity contribution in [1.29, 1.82) is 0 Å². The van der Waals surface area contributed by atoms with Crippen LogP contribution < -0.4 is 0 Å². The van der Waals surface area contributed by atoms with E-state index in [1.807, 2.05) is 42.2 Å². The molecular formula is C23H26Cl2N2O4S. The number of hydrogen-bond donors (Lipinski definition) is 0. The first-order valence-corrected chi connectivity index (χ1v) is 12.9. The molecule has 32 heavy (non-hydrogen) atoms. The summed E-state index contributed by atoms with van der Waals surface area (Å²) in [4.78, 5) is 15.1. The Kier molecular flexibility index (Phi) is 7.12. The maximum atomic E-state index is 13.3. The molecular weight excluding hydrogens is 471 g/mol. The third-order valence-electron chi connectivity index (χ3n) is 6.06. The number of halogens is 2. The van der Waals surface area contributed by atoms with Gasteiger partial charge in [0.25, 0.3) is 0 Å². The summed E-state index contributed by atoms with van der Waals surface area (Å²) in [6, 6.07) is 14.5. The number of amides is 1. The number of piperidine rings is 1. The van der Waals surface area contributed by atoms with Gasteiger partial charge in [0.15, 0.2) is 0 Å². The molecule has 2 fully saturated rings. The second-order valence-corrected chi connectivity index (χ2v) is 11.0.